The monoisotopic (exact) mass is 347 g/mol. The molecule has 0 unspecified atom stereocenters. The Hall–Kier alpha value is -0.401. The summed E-state index contributed by atoms with van der Waals surface area (Å²) in [6.45, 7) is 6.57. The quantitative estimate of drug-likeness (QED) is 0.590. The van der Waals surface area contributed by atoms with Crippen LogP contribution in [0, 0.1) is 0 Å². The van der Waals surface area contributed by atoms with E-state index in [2.05, 4.69) is 48.8 Å². The zero-order valence-electron chi connectivity index (χ0n) is 9.51. The van der Waals surface area contributed by atoms with Gasteiger partial charge in [0.15, 0.2) is 0 Å². The average Bonchev–Trinajstić information content (AvgIpc) is 2.81. The van der Waals surface area contributed by atoms with Crippen LogP contribution in [0.3, 0.4) is 0 Å². The summed E-state index contributed by atoms with van der Waals surface area (Å²) < 4.78 is 5.06. The molecule has 84 valence electrons. The molecule has 1 aromatic heterocycles. The third kappa shape index (κ3) is 2.64. The molecule has 2 nitrogen and oxygen atoms in total. The molecule has 0 aliphatic rings. The van der Waals surface area contributed by atoms with Gasteiger partial charge in [0.25, 0.3) is 0 Å². The fourth-order valence-electron chi connectivity index (χ4n) is 1.51. The second-order valence-electron chi connectivity index (χ2n) is 3.40. The Balaban J connectivity index is 2.44. The molecule has 0 spiro atoms. The van der Waals surface area contributed by atoms with E-state index in [1.54, 1.807) is 0 Å². The third-order valence-corrected chi connectivity index (χ3v) is 8.94. The van der Waals surface area contributed by atoms with Gasteiger partial charge in [0, 0.05) is 0 Å². The van der Waals surface area contributed by atoms with E-state index in [4.69, 9.17) is 4.98 Å². The van der Waals surface area contributed by atoms with E-state index in [0.29, 0.717) is 25.3 Å². The van der Waals surface area contributed by atoms with Crippen molar-refractivity contribution in [3.63, 3.8) is 0 Å². The zero-order chi connectivity index (χ0) is 11.4. The molecule has 2 rings (SSSR count). The van der Waals surface area contributed by atoms with E-state index in [-0.39, 0.29) is 0 Å². The second-order valence-corrected chi connectivity index (χ2v) is 9.32. The van der Waals surface area contributed by atoms with Crippen LogP contribution in [0.2, 0.25) is 0 Å². The van der Waals surface area contributed by atoms with Crippen LogP contribution in [0.1, 0.15) is 13.8 Å². The number of aromatic nitrogens is 1. The summed E-state index contributed by atoms with van der Waals surface area (Å²) in [5.41, 5.74) is 1.31. The molecule has 16 heavy (non-hydrogen) atoms. The van der Waals surface area contributed by atoms with Crippen molar-refractivity contribution in [2.45, 2.75) is 13.8 Å². The minimum absolute atomic E-state index is 0.576. The van der Waals surface area contributed by atoms with E-state index < -0.39 is 0 Å². The third-order valence-electron chi connectivity index (χ3n) is 2.45. The van der Waals surface area contributed by atoms with Crippen LogP contribution in [-0.4, -0.2) is 43.3 Å². The van der Waals surface area contributed by atoms with E-state index in [1.165, 1.54) is 14.5 Å². The maximum atomic E-state index is 4.82. The summed E-state index contributed by atoms with van der Waals surface area (Å²) >= 11 is 1.16. The first-order chi connectivity index (χ1) is 7.85. The van der Waals surface area contributed by atoms with Crippen LogP contribution >= 0.6 is 0 Å². The van der Waals surface area contributed by atoms with Crippen molar-refractivity contribution in [1.29, 1.82) is 0 Å². The van der Waals surface area contributed by atoms with Gasteiger partial charge in [-0.2, -0.15) is 0 Å². The van der Waals surface area contributed by atoms with Gasteiger partial charge < -0.3 is 0 Å². The van der Waals surface area contributed by atoms with Gasteiger partial charge in [-0.05, 0) is 0 Å². The number of rotatable bonds is 3. The molecular formula is C12H15N2Se2+. The molecule has 4 heteroatoms. The molecule has 0 fully saturated rings. The Bertz CT molecular complexity index is 505. The van der Waals surface area contributed by atoms with Gasteiger partial charge in [-0.25, -0.2) is 0 Å². The van der Waals surface area contributed by atoms with E-state index >= 15 is 0 Å². The van der Waals surface area contributed by atoms with Gasteiger partial charge in [0.05, 0.1) is 0 Å². The van der Waals surface area contributed by atoms with Crippen molar-refractivity contribution < 1.29 is 0 Å². The molecule has 0 saturated carbocycles. The molecule has 0 amide bonds. The van der Waals surface area contributed by atoms with E-state index in [9.17, 15) is 0 Å². The van der Waals surface area contributed by atoms with Gasteiger partial charge in [0.1, 0.15) is 0 Å². The first-order valence-corrected chi connectivity index (χ1v) is 11.5. The summed E-state index contributed by atoms with van der Waals surface area (Å²) in [5.74, 6) is 0. The molecule has 2 aromatic rings. The Morgan fingerprint density at radius 1 is 1.06 bits per heavy atom. The molecule has 0 radical (unpaired) electrons. The summed E-state index contributed by atoms with van der Waals surface area (Å²) in [6, 6.07) is 10.6. The fraction of sp³-hybridized carbons (Fsp3) is 0.333. The predicted molar refractivity (Wildman–Crippen MR) is 69.9 cm³/mol. The fourth-order valence-corrected chi connectivity index (χ4v) is 8.59. The van der Waals surface area contributed by atoms with Crippen LogP contribution in [0.5, 0.6) is 0 Å². The van der Waals surface area contributed by atoms with Crippen molar-refractivity contribution >= 4 is 25.3 Å². The number of nitrogens with zero attached hydrogens (tertiary/aromatic N) is 2. The molecule has 0 N–H and O–H groups in total. The molecule has 0 aliphatic carbocycles. The first-order valence-electron chi connectivity index (χ1n) is 5.45. The van der Waals surface area contributed by atoms with Crippen molar-refractivity contribution in [1.82, 2.24) is 9.56 Å². The van der Waals surface area contributed by atoms with Crippen LogP contribution in [0.4, 0.5) is 0 Å². The van der Waals surface area contributed by atoms with Gasteiger partial charge in [-0.3, -0.25) is 0 Å². The molecule has 1 aromatic carbocycles. The molecular weight excluding hydrogens is 330 g/mol. The van der Waals surface area contributed by atoms with Crippen LogP contribution in [0.25, 0.3) is 10.1 Å². The van der Waals surface area contributed by atoms with Crippen LogP contribution in [-0.2, 0) is 0 Å². The van der Waals surface area contributed by atoms with Crippen molar-refractivity contribution in [2.75, 3.05) is 13.1 Å². The van der Waals surface area contributed by atoms with Gasteiger partial charge >= 0.3 is 107 Å². The molecule has 0 bridgehead atoms. The van der Waals surface area contributed by atoms with Gasteiger partial charge in [0.2, 0.25) is 0 Å². The van der Waals surface area contributed by atoms with Crippen molar-refractivity contribution in [3.8, 4) is 10.1 Å². The summed E-state index contributed by atoms with van der Waals surface area (Å²) in [5, 5.41) is 0. The minimum atomic E-state index is 0.576. The van der Waals surface area contributed by atoms with Crippen LogP contribution < -0.4 is 8.94 Å². The molecule has 0 aliphatic heterocycles. The van der Waals surface area contributed by atoms with Crippen molar-refractivity contribution in [3.05, 3.63) is 34.7 Å². The standard InChI is InChI=1S/C12H15N2Se2/c1-3-14(4-2)12-13-11(15-16-12)10-8-6-5-7-9-10/h5-9H,3-4H2,1-2H3/q+1. The Morgan fingerprint density at radius 3 is 2.38 bits per heavy atom. The molecule has 0 saturated heterocycles. The molecule has 1 heterocycles. The van der Waals surface area contributed by atoms with Crippen molar-refractivity contribution in [2.24, 2.45) is 0 Å². The van der Waals surface area contributed by atoms with E-state index in [1.807, 2.05) is 0 Å². The van der Waals surface area contributed by atoms with Crippen LogP contribution in [0.15, 0.2) is 30.3 Å². The first kappa shape index (κ1) is 12.1. The average molecular weight is 345 g/mol. The normalized spacial score (nSPS) is 10.4. The molecule has 0 atom stereocenters. The predicted octanol–water partition coefficient (Wildman–Crippen LogP) is 0.675. The number of hydrogen-bond donors (Lipinski definition) is 0. The topological polar surface area (TPSA) is 15.9 Å². The number of benzene rings is 1. The Kier molecular flexibility index (Phi) is 4.36. The summed E-state index contributed by atoms with van der Waals surface area (Å²) in [4.78, 5) is 4.82. The van der Waals surface area contributed by atoms with E-state index in [0.717, 1.165) is 13.1 Å². The Morgan fingerprint density at radius 2 is 1.75 bits per heavy atom. The Labute approximate surface area is 106 Å². The maximum absolute atomic E-state index is 4.82. The second kappa shape index (κ2) is 5.79. The van der Waals surface area contributed by atoms with Gasteiger partial charge in [-0.15, -0.1) is 0 Å². The number of hydrogen-bond acceptors (Lipinski definition) is 1. The SMILES string of the molecule is CC[N+](CC)=c1nc(-c2ccccc2)[se][se]1. The van der Waals surface area contributed by atoms with Gasteiger partial charge in [-0.1, -0.05) is 0 Å². The summed E-state index contributed by atoms with van der Waals surface area (Å²) in [7, 11) is 0. The zero-order valence-corrected chi connectivity index (χ0v) is 12.9. The summed E-state index contributed by atoms with van der Waals surface area (Å²) in [6.07, 6.45) is 0.